The first-order chi connectivity index (χ1) is 44.0. The van der Waals surface area contributed by atoms with Crippen LogP contribution in [0.2, 0.25) is 0 Å². The lowest BCUT2D eigenvalue weighted by molar-refractivity contribution is 0.234. The first kappa shape index (κ1) is 107. The lowest BCUT2D eigenvalue weighted by Gasteiger charge is -2.28. The van der Waals surface area contributed by atoms with Crippen LogP contribution in [0.1, 0.15) is 297 Å². The Bertz CT molecular complexity index is 1950. The smallest absolute Gasteiger partial charge is 0.115 e. The van der Waals surface area contributed by atoms with E-state index < -0.39 is 0 Å². The SMILES string of the molecule is CC.CC.CC.CC.CC.CC.CC1(C)CCCCC1.CC1CCC(C(C)C)CC1.CCC.CCC.CCC.CCC.CCC.CCC.Oc1ccccc1.Oc1ccccc1.Oc1ccccc1.c1ccc(-c2ccccc2)cc1.c1ccc2ccccc2c1. The van der Waals surface area contributed by atoms with E-state index in [0.717, 1.165) is 17.8 Å². The number of fused-ring (bicyclic) bond motifs is 1. The highest BCUT2D eigenvalue weighted by atomic mass is 16.3. The molecule has 0 saturated heterocycles. The van der Waals surface area contributed by atoms with Gasteiger partial charge in [0.2, 0.25) is 0 Å². The quantitative estimate of drug-likeness (QED) is 0.162. The Labute approximate surface area is 571 Å². The van der Waals surface area contributed by atoms with Crippen LogP contribution in [0.15, 0.2) is 200 Å². The monoisotopic (exact) mass is 1260 g/mol. The molecule has 0 radical (unpaired) electrons. The van der Waals surface area contributed by atoms with Gasteiger partial charge in [-0.15, -0.1) is 0 Å². The predicted molar refractivity (Wildman–Crippen MR) is 427 cm³/mol. The highest BCUT2D eigenvalue weighted by molar-refractivity contribution is 5.82. The van der Waals surface area contributed by atoms with Gasteiger partial charge in [0.15, 0.2) is 0 Å². The number of para-hydroxylation sites is 3. The van der Waals surface area contributed by atoms with Gasteiger partial charge < -0.3 is 15.3 Å². The third kappa shape index (κ3) is 88.5. The molecule has 3 heteroatoms. The zero-order valence-corrected chi connectivity index (χ0v) is 65.7. The highest BCUT2D eigenvalue weighted by Gasteiger charge is 2.20. The van der Waals surface area contributed by atoms with Gasteiger partial charge in [0.1, 0.15) is 17.2 Å². The Morgan fingerprint density at radius 2 is 0.495 bits per heavy atom. The third-order valence-electron chi connectivity index (χ3n) is 11.0. The fourth-order valence-electron chi connectivity index (χ4n) is 7.14. The van der Waals surface area contributed by atoms with Crippen LogP contribution in [0.4, 0.5) is 0 Å². The average Bonchev–Trinajstić information content (AvgIpc) is 3.55. The second-order valence-corrected chi connectivity index (χ2v) is 21.3. The van der Waals surface area contributed by atoms with Gasteiger partial charge in [-0.25, -0.2) is 0 Å². The van der Waals surface area contributed by atoms with Crippen LogP contribution in [-0.2, 0) is 0 Å². The van der Waals surface area contributed by atoms with Gasteiger partial charge in [0, 0.05) is 0 Å². The number of phenols is 3. The van der Waals surface area contributed by atoms with Crippen molar-refractivity contribution in [2.45, 2.75) is 297 Å². The van der Waals surface area contributed by atoms with Gasteiger partial charge in [0.25, 0.3) is 0 Å². The molecule has 2 aliphatic rings. The summed E-state index contributed by atoms with van der Waals surface area (Å²) in [5.41, 5.74) is 3.23. The first-order valence-electron chi connectivity index (χ1n) is 36.8. The van der Waals surface area contributed by atoms with Gasteiger partial charge in [-0.3, -0.25) is 0 Å². The molecule has 7 aromatic carbocycles. The normalized spacial score (nSPS) is 12.2. The first-order valence-corrected chi connectivity index (χ1v) is 36.8. The molecule has 0 heterocycles. The van der Waals surface area contributed by atoms with Crippen LogP contribution in [0.3, 0.4) is 0 Å². The second-order valence-electron chi connectivity index (χ2n) is 21.3. The van der Waals surface area contributed by atoms with E-state index in [1.807, 2.05) is 113 Å². The summed E-state index contributed by atoms with van der Waals surface area (Å²) < 4.78 is 0. The summed E-state index contributed by atoms with van der Waals surface area (Å²) in [4.78, 5) is 0. The molecular weight excluding hydrogens is 1100 g/mol. The number of phenolic OH excluding ortho intramolecular Hbond substituents is 3. The van der Waals surface area contributed by atoms with E-state index in [-0.39, 0.29) is 0 Å². The standard InChI is InChI=1S/C12H10.C10H8.C10H20.C8H16.3C6H6O.6C3H8.6C2H6/c1-3-7-11(8-4-1)12-9-5-2-6-10-12;1-2-6-10-8-4-3-7-9(10)5-1;1-8(2)10-6-4-9(3)5-7-10;1-8(2)6-4-3-5-7-8;3*7-6-4-2-1-3-5-6;6*1-3-2;6*1-2/h1-10H;1-8H;8-10H,4-7H2,1-3H3;3-7H2,1-2H3;3*1-5,7H;6*3H2,1-2H3;6*1-2H3. The van der Waals surface area contributed by atoms with Crippen molar-refractivity contribution in [1.29, 1.82) is 0 Å². The summed E-state index contributed by atoms with van der Waals surface area (Å²) >= 11 is 0. The van der Waals surface area contributed by atoms with Crippen LogP contribution < -0.4 is 0 Å². The average molecular weight is 1260 g/mol. The van der Waals surface area contributed by atoms with Gasteiger partial charge >= 0.3 is 0 Å². The Balaban J connectivity index is -0.0000000986. The maximum atomic E-state index is 8.63. The van der Waals surface area contributed by atoms with E-state index in [9.17, 15) is 0 Å². The van der Waals surface area contributed by atoms with Gasteiger partial charge in [-0.2, -0.15) is 0 Å². The van der Waals surface area contributed by atoms with Crippen molar-refractivity contribution in [2.24, 2.45) is 23.2 Å². The van der Waals surface area contributed by atoms with E-state index in [1.54, 1.807) is 72.8 Å². The maximum absolute atomic E-state index is 8.63. The minimum Gasteiger partial charge on any atom is -0.508 e. The van der Waals surface area contributed by atoms with Crippen molar-refractivity contribution < 1.29 is 15.3 Å². The highest BCUT2D eigenvalue weighted by Crippen LogP contribution is 2.34. The Hall–Kier alpha value is -5.80. The van der Waals surface area contributed by atoms with Gasteiger partial charge in [-0.05, 0) is 107 Å². The summed E-state index contributed by atoms with van der Waals surface area (Å²) in [7, 11) is 0. The van der Waals surface area contributed by atoms with E-state index in [4.69, 9.17) is 15.3 Å². The zero-order valence-electron chi connectivity index (χ0n) is 65.7. The molecule has 7 aromatic rings. The molecule has 3 nitrogen and oxygen atoms in total. The van der Waals surface area contributed by atoms with Crippen molar-refractivity contribution in [3.05, 3.63) is 200 Å². The molecule has 0 bridgehead atoms. The lowest BCUT2D eigenvalue weighted by atomic mass is 9.78. The molecule has 2 aliphatic carbocycles. The molecule has 0 atom stereocenters. The molecule has 91 heavy (non-hydrogen) atoms. The van der Waals surface area contributed by atoms with Crippen molar-refractivity contribution >= 4 is 10.8 Å². The van der Waals surface area contributed by atoms with Crippen LogP contribution in [-0.4, -0.2) is 15.3 Å². The molecule has 0 spiro atoms. The predicted octanol–water partition coefficient (Wildman–Crippen LogP) is 31.5. The van der Waals surface area contributed by atoms with E-state index in [1.165, 1.54) is 118 Å². The van der Waals surface area contributed by atoms with Crippen LogP contribution >= 0.6 is 0 Å². The van der Waals surface area contributed by atoms with Crippen molar-refractivity contribution in [3.8, 4) is 28.4 Å². The van der Waals surface area contributed by atoms with Crippen molar-refractivity contribution in [2.75, 3.05) is 0 Å². The topological polar surface area (TPSA) is 60.7 Å². The number of aromatic hydroxyl groups is 3. The minimum atomic E-state index is 0.322. The maximum Gasteiger partial charge on any atom is 0.115 e. The molecule has 0 amide bonds. The number of rotatable bonds is 2. The molecule has 9 rings (SSSR count). The summed E-state index contributed by atoms with van der Waals surface area (Å²) in [6.07, 6.45) is 20.7. The molecule has 2 saturated carbocycles. The summed E-state index contributed by atoms with van der Waals surface area (Å²) in [6, 6.07) is 63.6. The number of benzene rings is 7. The zero-order chi connectivity index (χ0) is 72.2. The summed E-state index contributed by atoms with van der Waals surface area (Å²) in [5, 5.41) is 28.5. The molecule has 0 unspecified atom stereocenters. The number of hydrogen-bond acceptors (Lipinski definition) is 3. The minimum absolute atomic E-state index is 0.322. The molecular formula is C88H156O3. The third-order valence-corrected chi connectivity index (χ3v) is 11.0. The molecule has 0 aliphatic heterocycles. The largest absolute Gasteiger partial charge is 0.508 e. The second kappa shape index (κ2) is 95.3. The van der Waals surface area contributed by atoms with E-state index in [2.05, 4.69) is 215 Å². The molecule has 3 N–H and O–H groups in total. The number of hydrogen-bond donors (Lipinski definition) is 3. The van der Waals surface area contributed by atoms with Crippen molar-refractivity contribution in [3.63, 3.8) is 0 Å². The fraction of sp³-hybridized carbons (Fsp3) is 0.545. The Morgan fingerprint density at radius 1 is 0.308 bits per heavy atom. The molecule has 526 valence electrons. The summed E-state index contributed by atoms with van der Waals surface area (Å²) in [6.45, 7) is 61.4. The fourth-order valence-corrected chi connectivity index (χ4v) is 7.14. The van der Waals surface area contributed by atoms with E-state index >= 15 is 0 Å². The van der Waals surface area contributed by atoms with Crippen LogP contribution in [0.25, 0.3) is 21.9 Å². The van der Waals surface area contributed by atoms with Crippen LogP contribution in [0.5, 0.6) is 17.2 Å². The van der Waals surface area contributed by atoms with Crippen LogP contribution in [0, 0.1) is 23.2 Å². The van der Waals surface area contributed by atoms with E-state index in [0.29, 0.717) is 22.7 Å². The van der Waals surface area contributed by atoms with Gasteiger partial charge in [0.05, 0.1) is 0 Å². The summed E-state index contributed by atoms with van der Waals surface area (Å²) in [5.74, 6) is 3.94. The Kier molecular flexibility index (Phi) is 112. The lowest BCUT2D eigenvalue weighted by Crippen LogP contribution is -2.16. The van der Waals surface area contributed by atoms with Crippen molar-refractivity contribution in [1.82, 2.24) is 0 Å². The molecule has 0 aromatic heterocycles. The Morgan fingerprint density at radius 3 is 0.648 bits per heavy atom. The molecule has 2 fully saturated rings. The van der Waals surface area contributed by atoms with Gasteiger partial charge in [-0.1, -0.05) is 435 Å².